The van der Waals surface area contributed by atoms with Crippen LogP contribution in [0.15, 0.2) is 36.4 Å². The standard InChI is InChI=1S/C30H30N4O4.Cu/c1-15-9-20-12-25-17(3)21(5-7-29(35)36)27(33-25)14-28-22(6-8-30(37)38)18(4)26(34-28)13-24-16(2)10-19(32-24)11-23(15)31-20;/h9-14,31-32H,5-8H2,1-4H3,(H,35,36)(H,37,38);. The van der Waals surface area contributed by atoms with Crippen LogP contribution < -0.4 is 0 Å². The number of hydrogen-bond acceptors (Lipinski definition) is 4. The smallest absolute Gasteiger partial charge is 0.303 e. The second-order valence-electron chi connectivity index (χ2n) is 9.98. The molecule has 0 fully saturated rings. The van der Waals surface area contributed by atoms with Gasteiger partial charge in [-0.3, -0.25) is 9.59 Å². The third-order valence-corrected chi connectivity index (χ3v) is 7.25. The molecule has 8 bridgehead atoms. The number of aromatic amines is 2. The summed E-state index contributed by atoms with van der Waals surface area (Å²) in [7, 11) is 0. The van der Waals surface area contributed by atoms with Crippen molar-refractivity contribution >= 4 is 56.3 Å². The van der Waals surface area contributed by atoms with Crippen molar-refractivity contribution in [3.63, 3.8) is 0 Å². The number of aliphatic carboxylic acids is 2. The van der Waals surface area contributed by atoms with Crippen molar-refractivity contribution in [2.24, 2.45) is 0 Å². The van der Waals surface area contributed by atoms with Gasteiger partial charge in [0.1, 0.15) is 0 Å². The van der Waals surface area contributed by atoms with Crippen molar-refractivity contribution in [1.29, 1.82) is 0 Å². The Hall–Kier alpha value is -3.94. The number of nitrogens with one attached hydrogen (secondary N) is 2. The molecule has 5 heterocycles. The molecule has 0 saturated heterocycles. The zero-order valence-electron chi connectivity index (χ0n) is 22.2. The van der Waals surface area contributed by atoms with Gasteiger partial charge in [0.15, 0.2) is 0 Å². The van der Waals surface area contributed by atoms with Crippen molar-refractivity contribution in [2.75, 3.05) is 0 Å². The topological polar surface area (TPSA) is 132 Å². The van der Waals surface area contributed by atoms with Crippen LogP contribution in [0.3, 0.4) is 0 Å². The first-order chi connectivity index (χ1) is 18.1. The molecule has 0 aliphatic carbocycles. The van der Waals surface area contributed by atoms with Crippen LogP contribution in [-0.4, -0.2) is 42.1 Å². The third-order valence-electron chi connectivity index (χ3n) is 7.25. The summed E-state index contributed by atoms with van der Waals surface area (Å²) in [5, 5.41) is 18.7. The van der Waals surface area contributed by atoms with E-state index in [1.165, 1.54) is 0 Å². The molecule has 2 aliphatic rings. The Morgan fingerprint density at radius 2 is 1.08 bits per heavy atom. The average molecular weight is 574 g/mol. The van der Waals surface area contributed by atoms with Crippen LogP contribution in [0.25, 0.3) is 44.4 Å². The third kappa shape index (κ3) is 5.75. The van der Waals surface area contributed by atoms with E-state index in [9.17, 15) is 19.8 Å². The van der Waals surface area contributed by atoms with E-state index < -0.39 is 11.9 Å². The van der Waals surface area contributed by atoms with Crippen LogP contribution in [0.1, 0.15) is 73.4 Å². The number of nitrogens with zero attached hydrogens (tertiary/aromatic N) is 2. The molecule has 0 aromatic carbocycles. The van der Waals surface area contributed by atoms with E-state index >= 15 is 0 Å². The van der Waals surface area contributed by atoms with Crippen molar-refractivity contribution in [2.45, 2.75) is 53.4 Å². The molecule has 205 valence electrons. The summed E-state index contributed by atoms with van der Waals surface area (Å²) in [5.74, 6) is -1.75. The fraction of sp³-hybridized carbons (Fsp3) is 0.267. The first kappa shape index (κ1) is 28.1. The first-order valence-electron chi connectivity index (χ1n) is 12.6. The largest absolute Gasteiger partial charge is 0.481 e. The van der Waals surface area contributed by atoms with E-state index in [0.29, 0.717) is 24.2 Å². The number of carboxylic acids is 2. The number of aromatic nitrogens is 4. The molecular weight excluding hydrogens is 544 g/mol. The number of H-pyrrole nitrogens is 2. The molecule has 0 spiro atoms. The van der Waals surface area contributed by atoms with E-state index in [2.05, 4.69) is 35.1 Å². The average Bonchev–Trinajstić information content (AvgIpc) is 3.53. The minimum absolute atomic E-state index is 0. The van der Waals surface area contributed by atoms with E-state index in [4.69, 9.17) is 9.97 Å². The molecule has 3 aromatic heterocycles. The van der Waals surface area contributed by atoms with Gasteiger partial charge in [-0.25, -0.2) is 9.97 Å². The maximum absolute atomic E-state index is 11.4. The second-order valence-corrected chi connectivity index (χ2v) is 9.98. The predicted molar refractivity (Wildman–Crippen MR) is 149 cm³/mol. The predicted octanol–water partition coefficient (Wildman–Crippen LogP) is 6.52. The molecule has 1 radical (unpaired) electrons. The van der Waals surface area contributed by atoms with Crippen molar-refractivity contribution in [3.8, 4) is 0 Å². The van der Waals surface area contributed by atoms with Gasteiger partial charge in [0, 0.05) is 52.0 Å². The van der Waals surface area contributed by atoms with Crippen LogP contribution in [0.2, 0.25) is 0 Å². The summed E-state index contributed by atoms with van der Waals surface area (Å²) in [6.07, 6.45) is 0.647. The number of allylic oxidation sites excluding steroid dienone is 4. The van der Waals surface area contributed by atoms with Crippen LogP contribution in [-0.2, 0) is 26.7 Å². The molecule has 0 unspecified atom stereocenters. The zero-order chi connectivity index (χ0) is 27.1. The van der Waals surface area contributed by atoms with Gasteiger partial charge in [-0.1, -0.05) is 0 Å². The molecule has 0 amide bonds. The molecule has 5 rings (SSSR count). The summed E-state index contributed by atoms with van der Waals surface area (Å²) in [6, 6.07) is 12.1. The summed E-state index contributed by atoms with van der Waals surface area (Å²) >= 11 is 0. The van der Waals surface area contributed by atoms with E-state index in [-0.39, 0.29) is 29.9 Å². The monoisotopic (exact) mass is 573 g/mol. The molecule has 39 heavy (non-hydrogen) atoms. The molecular formula is C30H30CuN4O4. The number of hydrogen-bond donors (Lipinski definition) is 4. The van der Waals surface area contributed by atoms with E-state index in [1.54, 1.807) is 0 Å². The molecule has 2 aliphatic heterocycles. The second kappa shape index (κ2) is 11.0. The fourth-order valence-electron chi connectivity index (χ4n) is 5.10. The van der Waals surface area contributed by atoms with Gasteiger partial charge in [-0.05, 0) is 110 Å². The van der Waals surface area contributed by atoms with Gasteiger partial charge in [0.2, 0.25) is 0 Å². The van der Waals surface area contributed by atoms with Gasteiger partial charge in [0.25, 0.3) is 0 Å². The summed E-state index contributed by atoms with van der Waals surface area (Å²) in [5.41, 5.74) is 12.4. The molecule has 9 heteroatoms. The van der Waals surface area contributed by atoms with Gasteiger partial charge < -0.3 is 20.2 Å². The van der Waals surface area contributed by atoms with Gasteiger partial charge >= 0.3 is 11.9 Å². The minimum Gasteiger partial charge on any atom is -0.481 e. The first-order valence-corrected chi connectivity index (χ1v) is 12.6. The Balaban J connectivity index is 0.00000353. The van der Waals surface area contributed by atoms with Crippen molar-refractivity contribution in [1.82, 2.24) is 19.9 Å². The van der Waals surface area contributed by atoms with Crippen LogP contribution in [0.5, 0.6) is 0 Å². The number of aryl methyl sites for hydroxylation is 2. The number of carboxylic acid groups (broad SMARTS) is 2. The SMILES string of the molecule is CC1=C(CCC(=O)O)c2cc3nc(cc4[nH]c(cc4C)cc4[nH]c(cc1n2)cc4C)C(C)=C3CCC(=O)O.[Cu]. The number of fused-ring (bicyclic) bond motifs is 8. The normalized spacial score (nSPS) is 13.0. The maximum atomic E-state index is 11.4. The van der Waals surface area contributed by atoms with Crippen LogP contribution >= 0.6 is 0 Å². The van der Waals surface area contributed by atoms with Gasteiger partial charge in [-0.15, -0.1) is 0 Å². The quantitative estimate of drug-likeness (QED) is 0.248. The summed E-state index contributed by atoms with van der Waals surface area (Å²) in [4.78, 5) is 39.6. The Bertz CT molecular complexity index is 1730. The number of rotatable bonds is 6. The van der Waals surface area contributed by atoms with Crippen LogP contribution in [0, 0.1) is 13.8 Å². The van der Waals surface area contributed by atoms with Crippen molar-refractivity contribution < 1.29 is 36.9 Å². The Morgan fingerprint density at radius 1 is 0.641 bits per heavy atom. The fourth-order valence-corrected chi connectivity index (χ4v) is 5.10. The zero-order valence-corrected chi connectivity index (χ0v) is 23.1. The van der Waals surface area contributed by atoms with E-state index in [0.717, 1.165) is 66.9 Å². The Kier molecular flexibility index (Phi) is 7.95. The molecule has 4 N–H and O–H groups in total. The molecule has 0 saturated carbocycles. The maximum Gasteiger partial charge on any atom is 0.303 e. The molecule has 0 atom stereocenters. The Labute approximate surface area is 236 Å². The van der Waals surface area contributed by atoms with Gasteiger partial charge in [0.05, 0.1) is 22.8 Å². The summed E-state index contributed by atoms with van der Waals surface area (Å²) < 4.78 is 0. The summed E-state index contributed by atoms with van der Waals surface area (Å²) in [6.45, 7) is 8.01. The van der Waals surface area contributed by atoms with E-state index in [1.807, 2.05) is 39.0 Å². The molecule has 8 nitrogen and oxygen atoms in total. The molecule has 3 aromatic rings. The number of carbonyl (C=O) groups is 2. The minimum atomic E-state index is -0.873. The Morgan fingerprint density at radius 3 is 1.56 bits per heavy atom. The van der Waals surface area contributed by atoms with Gasteiger partial charge in [-0.2, -0.15) is 0 Å². The van der Waals surface area contributed by atoms with Crippen LogP contribution in [0.4, 0.5) is 0 Å². The van der Waals surface area contributed by atoms with Crippen molar-refractivity contribution in [3.05, 3.63) is 70.3 Å².